The number of morpholine rings is 1. The van der Waals surface area contributed by atoms with Gasteiger partial charge in [0.05, 0.1) is 18.3 Å². The van der Waals surface area contributed by atoms with Crippen LogP contribution >= 0.6 is 0 Å². The second-order valence-electron chi connectivity index (χ2n) is 7.15. The van der Waals surface area contributed by atoms with Crippen molar-refractivity contribution in [3.8, 4) is 0 Å². The highest BCUT2D eigenvalue weighted by atomic mass is 19.1. The van der Waals surface area contributed by atoms with Gasteiger partial charge in [0.1, 0.15) is 11.6 Å². The number of nitrogens with zero attached hydrogens (tertiary/aromatic N) is 1. The molecule has 6 nitrogen and oxygen atoms in total. The lowest BCUT2D eigenvalue weighted by Gasteiger charge is -2.33. The third-order valence-corrected chi connectivity index (χ3v) is 4.81. The summed E-state index contributed by atoms with van der Waals surface area (Å²) in [5.41, 5.74) is 0.974. The lowest BCUT2D eigenvalue weighted by atomic mass is 10.2. The van der Waals surface area contributed by atoms with Crippen molar-refractivity contribution in [3.63, 3.8) is 0 Å². The smallest absolute Gasteiger partial charge is 0.254 e. The number of ether oxygens (including phenoxy) is 1. The Morgan fingerprint density at radius 2 is 1.90 bits per heavy atom. The van der Waals surface area contributed by atoms with Crippen molar-refractivity contribution in [2.75, 3.05) is 32.8 Å². The fourth-order valence-electron chi connectivity index (χ4n) is 3.26. The zero-order valence-corrected chi connectivity index (χ0v) is 16.6. The minimum atomic E-state index is -0.938. The second-order valence-corrected chi connectivity index (χ2v) is 7.15. The monoisotopic (exact) mass is 417 g/mol. The molecule has 0 spiro atoms. The molecule has 1 atom stereocenters. The second kappa shape index (κ2) is 10.8. The molecule has 0 aliphatic carbocycles. The van der Waals surface area contributed by atoms with Gasteiger partial charge in [-0.2, -0.15) is 0 Å². The molecule has 2 aromatic carbocycles. The van der Waals surface area contributed by atoms with Crippen LogP contribution in [0.25, 0.3) is 0 Å². The summed E-state index contributed by atoms with van der Waals surface area (Å²) in [7, 11) is 0. The topological polar surface area (TPSA) is 70.7 Å². The van der Waals surface area contributed by atoms with Crippen LogP contribution < -0.4 is 10.6 Å². The number of carbonyl (C=O) groups is 2. The molecule has 2 aromatic rings. The van der Waals surface area contributed by atoms with Gasteiger partial charge in [0.15, 0.2) is 0 Å². The third-order valence-electron chi connectivity index (χ3n) is 4.81. The summed E-state index contributed by atoms with van der Waals surface area (Å²) >= 11 is 0. The molecule has 1 unspecified atom stereocenters. The number of benzene rings is 2. The summed E-state index contributed by atoms with van der Waals surface area (Å²) in [4.78, 5) is 26.2. The van der Waals surface area contributed by atoms with Crippen LogP contribution in [0, 0.1) is 11.6 Å². The van der Waals surface area contributed by atoms with Gasteiger partial charge in [-0.25, -0.2) is 8.78 Å². The minimum Gasteiger partial charge on any atom is -0.374 e. The van der Waals surface area contributed by atoms with Crippen molar-refractivity contribution < 1.29 is 23.1 Å². The summed E-state index contributed by atoms with van der Waals surface area (Å²) in [6.45, 7) is 3.42. The van der Waals surface area contributed by atoms with E-state index in [1.807, 2.05) is 18.2 Å². The van der Waals surface area contributed by atoms with Crippen LogP contribution in [-0.2, 0) is 16.1 Å². The van der Waals surface area contributed by atoms with Crippen LogP contribution in [0.5, 0.6) is 0 Å². The summed E-state index contributed by atoms with van der Waals surface area (Å²) in [5.74, 6) is -2.62. The Balaban J connectivity index is 1.35. The normalized spacial score (nSPS) is 16.8. The van der Waals surface area contributed by atoms with Gasteiger partial charge in [-0.3, -0.25) is 14.5 Å². The van der Waals surface area contributed by atoms with E-state index in [4.69, 9.17) is 4.74 Å². The van der Waals surface area contributed by atoms with Crippen LogP contribution in [0.3, 0.4) is 0 Å². The minimum absolute atomic E-state index is 0.0487. The highest BCUT2D eigenvalue weighted by molar-refractivity contribution is 5.94. The van der Waals surface area contributed by atoms with E-state index in [0.717, 1.165) is 31.8 Å². The van der Waals surface area contributed by atoms with Crippen molar-refractivity contribution in [2.45, 2.75) is 19.1 Å². The molecule has 2 amide bonds. The highest BCUT2D eigenvalue weighted by Crippen LogP contribution is 2.11. The maximum absolute atomic E-state index is 13.6. The third kappa shape index (κ3) is 6.60. The van der Waals surface area contributed by atoms with Gasteiger partial charge in [-0.15, -0.1) is 0 Å². The summed E-state index contributed by atoms with van der Waals surface area (Å²) < 4.78 is 32.2. The molecular weight excluding hydrogens is 392 g/mol. The molecule has 0 saturated carbocycles. The fraction of sp³-hybridized carbons (Fsp3) is 0.364. The van der Waals surface area contributed by atoms with Crippen molar-refractivity contribution in [3.05, 3.63) is 71.3 Å². The average molecular weight is 417 g/mol. The van der Waals surface area contributed by atoms with Crippen LogP contribution in [0.1, 0.15) is 22.3 Å². The average Bonchev–Trinajstić information content (AvgIpc) is 2.73. The van der Waals surface area contributed by atoms with Gasteiger partial charge in [0.2, 0.25) is 5.91 Å². The molecule has 1 fully saturated rings. The maximum atomic E-state index is 13.6. The maximum Gasteiger partial charge on any atom is 0.254 e. The van der Waals surface area contributed by atoms with E-state index in [9.17, 15) is 18.4 Å². The quantitative estimate of drug-likeness (QED) is 0.690. The zero-order valence-electron chi connectivity index (χ0n) is 16.6. The van der Waals surface area contributed by atoms with Crippen LogP contribution in [0.4, 0.5) is 8.78 Å². The van der Waals surface area contributed by atoms with Gasteiger partial charge >= 0.3 is 0 Å². The molecular formula is C22H25F2N3O3. The molecule has 30 heavy (non-hydrogen) atoms. The lowest BCUT2D eigenvalue weighted by Crippen LogP contribution is -2.47. The lowest BCUT2D eigenvalue weighted by molar-refractivity contribution is -0.122. The van der Waals surface area contributed by atoms with Gasteiger partial charge in [0.25, 0.3) is 5.91 Å². The molecule has 1 saturated heterocycles. The van der Waals surface area contributed by atoms with E-state index >= 15 is 0 Å². The molecule has 0 bridgehead atoms. The van der Waals surface area contributed by atoms with Crippen LogP contribution in [0.2, 0.25) is 0 Å². The van der Waals surface area contributed by atoms with Gasteiger partial charge in [-0.05, 0) is 17.7 Å². The van der Waals surface area contributed by atoms with Gasteiger partial charge < -0.3 is 15.4 Å². The van der Waals surface area contributed by atoms with Crippen molar-refractivity contribution in [2.24, 2.45) is 0 Å². The summed E-state index contributed by atoms with van der Waals surface area (Å²) in [6, 6.07) is 12.9. The molecule has 0 radical (unpaired) electrons. The Bertz CT molecular complexity index is 864. The van der Waals surface area contributed by atoms with Crippen molar-refractivity contribution in [1.82, 2.24) is 15.5 Å². The first-order valence-electron chi connectivity index (χ1n) is 9.89. The molecule has 160 valence electrons. The largest absolute Gasteiger partial charge is 0.374 e. The van der Waals surface area contributed by atoms with Crippen molar-refractivity contribution >= 4 is 11.8 Å². The van der Waals surface area contributed by atoms with E-state index in [-0.39, 0.29) is 30.5 Å². The van der Waals surface area contributed by atoms with E-state index in [1.165, 1.54) is 5.56 Å². The number of carbonyl (C=O) groups excluding carboxylic acids is 2. The predicted molar refractivity (Wildman–Crippen MR) is 108 cm³/mol. The van der Waals surface area contributed by atoms with Crippen LogP contribution in [0.15, 0.2) is 48.5 Å². The van der Waals surface area contributed by atoms with Crippen molar-refractivity contribution in [1.29, 1.82) is 0 Å². The Morgan fingerprint density at radius 3 is 2.67 bits per heavy atom. The highest BCUT2D eigenvalue weighted by Gasteiger charge is 2.21. The first kappa shape index (κ1) is 21.9. The molecule has 3 rings (SSSR count). The van der Waals surface area contributed by atoms with E-state index < -0.39 is 17.5 Å². The SMILES string of the molecule is O=C(CCNC(=O)c1ccc(F)cc1F)NCC1CN(Cc2ccccc2)CCO1. The molecule has 1 heterocycles. The molecule has 0 aromatic heterocycles. The van der Waals surface area contributed by atoms with Gasteiger partial charge in [-0.1, -0.05) is 30.3 Å². The molecule has 8 heteroatoms. The zero-order chi connectivity index (χ0) is 21.3. The fourth-order valence-corrected chi connectivity index (χ4v) is 3.26. The van der Waals surface area contributed by atoms with E-state index in [1.54, 1.807) is 0 Å². The Labute approximate surface area is 174 Å². The number of halogens is 2. The van der Waals surface area contributed by atoms with Gasteiger partial charge in [0, 0.05) is 45.2 Å². The molecule has 1 aliphatic rings. The van der Waals surface area contributed by atoms with Crippen LogP contribution in [-0.4, -0.2) is 55.6 Å². The Hall–Kier alpha value is -2.84. The predicted octanol–water partition coefficient (Wildman–Crippen LogP) is 2.10. The number of hydrogen-bond donors (Lipinski definition) is 2. The molecule has 1 aliphatic heterocycles. The number of nitrogens with one attached hydrogen (secondary N) is 2. The standard InChI is InChI=1S/C22H25F2N3O3/c23-17-6-7-19(20(24)12-17)22(29)25-9-8-21(28)26-13-18-15-27(10-11-30-18)14-16-4-2-1-3-5-16/h1-7,12,18H,8-11,13-15H2,(H,25,29)(H,26,28). The summed E-state index contributed by atoms with van der Waals surface area (Å²) in [5, 5.41) is 5.26. The Morgan fingerprint density at radius 1 is 1.10 bits per heavy atom. The number of amides is 2. The number of rotatable bonds is 8. The Kier molecular flexibility index (Phi) is 7.87. The first-order chi connectivity index (χ1) is 14.5. The molecule has 2 N–H and O–H groups in total. The number of hydrogen-bond acceptors (Lipinski definition) is 4. The van der Waals surface area contributed by atoms with E-state index in [0.29, 0.717) is 19.2 Å². The first-order valence-corrected chi connectivity index (χ1v) is 9.89. The summed E-state index contributed by atoms with van der Waals surface area (Å²) in [6.07, 6.45) is -0.0519. The van der Waals surface area contributed by atoms with E-state index in [2.05, 4.69) is 27.7 Å².